The van der Waals surface area contributed by atoms with Crippen LogP contribution in [0, 0.1) is 0 Å². The fourth-order valence-electron chi connectivity index (χ4n) is 2.74. The van der Waals surface area contributed by atoms with Gasteiger partial charge in [-0.1, -0.05) is 20.8 Å². The summed E-state index contributed by atoms with van der Waals surface area (Å²) in [6.45, 7) is 14.3. The third kappa shape index (κ3) is 4.24. The number of nitrogens with one attached hydrogen (secondary N) is 1. The van der Waals surface area contributed by atoms with Crippen LogP contribution in [0.25, 0.3) is 0 Å². The van der Waals surface area contributed by atoms with Crippen LogP contribution in [0.2, 0.25) is 0 Å². The van der Waals surface area contributed by atoms with Gasteiger partial charge in [0.15, 0.2) is 5.82 Å². The van der Waals surface area contributed by atoms with E-state index in [0.717, 1.165) is 38.3 Å². The number of rotatable bonds is 9. The van der Waals surface area contributed by atoms with Crippen LogP contribution in [0.4, 0.5) is 0 Å². The van der Waals surface area contributed by atoms with E-state index in [1.807, 2.05) is 0 Å². The summed E-state index contributed by atoms with van der Waals surface area (Å²) in [5, 5.41) is 16.0. The fraction of sp³-hybridized carbons (Fsp3) is 0.929. The summed E-state index contributed by atoms with van der Waals surface area (Å²) < 4.78 is 0. The first kappa shape index (κ1) is 17.0. The molecule has 1 unspecified atom stereocenters. The largest absolute Gasteiger partial charge is 0.312 e. The molecular formula is C14H30N6. The maximum absolute atomic E-state index is 4.32. The van der Waals surface area contributed by atoms with Crippen molar-refractivity contribution in [3.05, 3.63) is 5.82 Å². The second-order valence-electron chi connectivity index (χ2n) is 5.73. The Kier molecular flexibility index (Phi) is 6.55. The molecule has 1 heterocycles. The second kappa shape index (κ2) is 7.69. The highest BCUT2D eigenvalue weighted by molar-refractivity contribution is 4.98. The van der Waals surface area contributed by atoms with Crippen molar-refractivity contribution in [1.29, 1.82) is 0 Å². The zero-order valence-corrected chi connectivity index (χ0v) is 13.8. The minimum absolute atomic E-state index is 0.0534. The average Bonchev–Trinajstić information content (AvgIpc) is 2.81. The van der Waals surface area contributed by atoms with Gasteiger partial charge in [-0.15, -0.1) is 10.2 Å². The molecule has 0 fully saturated rings. The molecule has 1 aromatic heterocycles. The SMILES string of the molecule is CCCNC(Cc1nnn(C)n1)C(C)(C)N(CC)CC. The number of likely N-dealkylation sites (N-methyl/N-ethyl adjacent to an activating group) is 1. The third-order valence-electron chi connectivity index (χ3n) is 4.01. The normalized spacial score (nSPS) is 13.9. The Labute approximate surface area is 122 Å². The lowest BCUT2D eigenvalue weighted by molar-refractivity contribution is 0.0903. The van der Waals surface area contributed by atoms with Gasteiger partial charge in [0.05, 0.1) is 7.05 Å². The zero-order chi connectivity index (χ0) is 15.2. The molecule has 1 aromatic rings. The van der Waals surface area contributed by atoms with Crippen LogP contribution in [0.1, 0.15) is 46.9 Å². The molecule has 116 valence electrons. The van der Waals surface area contributed by atoms with E-state index < -0.39 is 0 Å². The summed E-state index contributed by atoms with van der Waals surface area (Å²) in [5.74, 6) is 0.807. The van der Waals surface area contributed by atoms with Crippen LogP contribution in [-0.2, 0) is 13.5 Å². The molecule has 1 rings (SSSR count). The van der Waals surface area contributed by atoms with Crippen molar-refractivity contribution in [2.75, 3.05) is 19.6 Å². The lowest BCUT2D eigenvalue weighted by Gasteiger charge is -2.43. The van der Waals surface area contributed by atoms with E-state index in [-0.39, 0.29) is 5.54 Å². The van der Waals surface area contributed by atoms with Gasteiger partial charge >= 0.3 is 0 Å². The van der Waals surface area contributed by atoms with Gasteiger partial charge in [0.1, 0.15) is 0 Å². The van der Waals surface area contributed by atoms with Crippen molar-refractivity contribution < 1.29 is 0 Å². The highest BCUT2D eigenvalue weighted by atomic mass is 15.6. The van der Waals surface area contributed by atoms with E-state index in [1.165, 1.54) is 4.80 Å². The number of aromatic nitrogens is 4. The number of aryl methyl sites for hydroxylation is 1. The minimum atomic E-state index is 0.0534. The second-order valence-corrected chi connectivity index (χ2v) is 5.73. The number of hydrogen-bond acceptors (Lipinski definition) is 5. The Morgan fingerprint density at radius 3 is 2.35 bits per heavy atom. The molecule has 0 saturated carbocycles. The van der Waals surface area contributed by atoms with Gasteiger partial charge in [0, 0.05) is 18.0 Å². The molecule has 0 aliphatic rings. The summed E-state index contributed by atoms with van der Waals surface area (Å²) in [5.41, 5.74) is 0.0534. The molecule has 20 heavy (non-hydrogen) atoms. The predicted octanol–water partition coefficient (Wildman–Crippen LogP) is 1.24. The highest BCUT2D eigenvalue weighted by Gasteiger charge is 2.34. The highest BCUT2D eigenvalue weighted by Crippen LogP contribution is 2.21. The van der Waals surface area contributed by atoms with Gasteiger partial charge in [-0.3, -0.25) is 4.90 Å². The van der Waals surface area contributed by atoms with Crippen LogP contribution in [0.3, 0.4) is 0 Å². The zero-order valence-electron chi connectivity index (χ0n) is 13.8. The van der Waals surface area contributed by atoms with Crippen LogP contribution < -0.4 is 5.32 Å². The summed E-state index contributed by atoms with van der Waals surface area (Å²) in [4.78, 5) is 4.01. The summed E-state index contributed by atoms with van der Waals surface area (Å²) in [6, 6.07) is 0.312. The van der Waals surface area contributed by atoms with Crippen molar-refractivity contribution in [3.8, 4) is 0 Å². The maximum Gasteiger partial charge on any atom is 0.176 e. The summed E-state index contributed by atoms with van der Waals surface area (Å²) in [6.07, 6.45) is 1.93. The van der Waals surface area contributed by atoms with Crippen molar-refractivity contribution in [3.63, 3.8) is 0 Å². The number of tetrazole rings is 1. The third-order valence-corrected chi connectivity index (χ3v) is 4.01. The van der Waals surface area contributed by atoms with Crippen molar-refractivity contribution in [2.45, 2.75) is 59.0 Å². The van der Waals surface area contributed by atoms with Gasteiger partial charge < -0.3 is 5.32 Å². The van der Waals surface area contributed by atoms with Gasteiger partial charge in [-0.25, -0.2) is 0 Å². The standard InChI is InChI=1S/C14H30N6/c1-7-10-15-12(11-13-16-18-19(6)17-13)14(4,5)20(8-2)9-3/h12,15H,7-11H2,1-6H3. The van der Waals surface area contributed by atoms with Crippen LogP contribution in [0.5, 0.6) is 0 Å². The molecule has 0 saturated heterocycles. The molecule has 6 heteroatoms. The van der Waals surface area contributed by atoms with E-state index >= 15 is 0 Å². The predicted molar refractivity (Wildman–Crippen MR) is 81.6 cm³/mol. The Balaban J connectivity index is 2.86. The fourth-order valence-corrected chi connectivity index (χ4v) is 2.74. The molecule has 1 atom stereocenters. The Hall–Kier alpha value is -1.01. The van der Waals surface area contributed by atoms with Crippen molar-refractivity contribution in [1.82, 2.24) is 30.4 Å². The van der Waals surface area contributed by atoms with E-state index in [0.29, 0.717) is 6.04 Å². The van der Waals surface area contributed by atoms with Gasteiger partial charge in [-0.05, 0) is 45.1 Å². The molecule has 0 spiro atoms. The first-order chi connectivity index (χ1) is 9.45. The topological polar surface area (TPSA) is 58.9 Å². The van der Waals surface area contributed by atoms with Gasteiger partial charge in [0.2, 0.25) is 0 Å². The van der Waals surface area contributed by atoms with E-state index in [1.54, 1.807) is 7.05 Å². The number of hydrogen-bond donors (Lipinski definition) is 1. The quantitative estimate of drug-likeness (QED) is 0.738. The first-order valence-corrected chi connectivity index (χ1v) is 7.66. The lowest BCUT2D eigenvalue weighted by Crippen LogP contribution is -2.58. The molecule has 0 aliphatic carbocycles. The van der Waals surface area contributed by atoms with Crippen LogP contribution >= 0.6 is 0 Å². The smallest absolute Gasteiger partial charge is 0.176 e. The van der Waals surface area contributed by atoms with Crippen LogP contribution in [0.15, 0.2) is 0 Å². The summed E-state index contributed by atoms with van der Waals surface area (Å²) in [7, 11) is 1.81. The molecule has 0 amide bonds. The number of nitrogens with zero attached hydrogens (tertiary/aromatic N) is 5. The molecule has 0 aliphatic heterocycles. The monoisotopic (exact) mass is 282 g/mol. The molecule has 0 aromatic carbocycles. The maximum atomic E-state index is 4.32. The van der Waals surface area contributed by atoms with Crippen LogP contribution in [-0.4, -0.2) is 56.3 Å². The molecule has 0 bridgehead atoms. The van der Waals surface area contributed by atoms with Crippen molar-refractivity contribution in [2.24, 2.45) is 7.05 Å². The summed E-state index contributed by atoms with van der Waals surface area (Å²) >= 11 is 0. The van der Waals surface area contributed by atoms with Gasteiger partial charge in [0.25, 0.3) is 0 Å². The van der Waals surface area contributed by atoms with E-state index in [2.05, 4.69) is 60.2 Å². The molecule has 0 radical (unpaired) electrons. The molecule has 6 nitrogen and oxygen atoms in total. The lowest BCUT2D eigenvalue weighted by atomic mass is 9.89. The first-order valence-electron chi connectivity index (χ1n) is 7.66. The minimum Gasteiger partial charge on any atom is -0.312 e. The van der Waals surface area contributed by atoms with Gasteiger partial charge in [-0.2, -0.15) is 4.80 Å². The van der Waals surface area contributed by atoms with E-state index in [4.69, 9.17) is 0 Å². The molecule has 1 N–H and O–H groups in total. The Morgan fingerprint density at radius 2 is 1.90 bits per heavy atom. The van der Waals surface area contributed by atoms with Crippen molar-refractivity contribution >= 4 is 0 Å². The molecular weight excluding hydrogens is 252 g/mol. The average molecular weight is 282 g/mol. The van der Waals surface area contributed by atoms with E-state index in [9.17, 15) is 0 Å². The Bertz CT molecular complexity index is 383. The Morgan fingerprint density at radius 1 is 1.25 bits per heavy atom.